The van der Waals surface area contributed by atoms with Gasteiger partial charge in [-0.25, -0.2) is 4.68 Å². The Hall–Kier alpha value is -3.09. The largest absolute Gasteiger partial charge is 0.284 e. The number of pyridine rings is 1. The minimum absolute atomic E-state index is 0.716. The standard InChI is InChI=1S/C27H29N5S/c1-21-7-5-6-10-25(21)32-26(24-11-15-28-16-12-24)29-31(27(32)33)20-30-17-13-23(14-18-30)19-22-8-3-2-4-9-22/h2-12,15-16,23H,13-14,17-20H2,1H3. The van der Waals surface area contributed by atoms with E-state index in [9.17, 15) is 0 Å². The molecule has 1 aliphatic heterocycles. The number of aryl methyl sites for hydroxylation is 1. The molecule has 0 bridgehead atoms. The number of hydrogen-bond acceptors (Lipinski definition) is 4. The van der Waals surface area contributed by atoms with E-state index in [0.29, 0.717) is 6.67 Å². The molecule has 0 unspecified atom stereocenters. The SMILES string of the molecule is Cc1ccccc1-n1c(-c2ccncc2)nn(CN2CCC(Cc3ccccc3)CC2)c1=S. The van der Waals surface area contributed by atoms with E-state index in [1.165, 1.54) is 30.4 Å². The van der Waals surface area contributed by atoms with Crippen LogP contribution in [0.4, 0.5) is 0 Å². The van der Waals surface area contributed by atoms with Crippen LogP contribution >= 0.6 is 12.2 Å². The topological polar surface area (TPSA) is 38.9 Å². The van der Waals surface area contributed by atoms with Crippen LogP contribution in [0.1, 0.15) is 24.0 Å². The van der Waals surface area contributed by atoms with Crippen molar-refractivity contribution in [1.82, 2.24) is 24.2 Å². The fourth-order valence-corrected chi connectivity index (χ4v) is 4.97. The third-order valence-electron chi connectivity index (χ3n) is 6.54. The van der Waals surface area contributed by atoms with Gasteiger partial charge in [0, 0.05) is 31.0 Å². The Bertz CT molecular complexity index is 1250. The van der Waals surface area contributed by atoms with Crippen LogP contribution in [0.15, 0.2) is 79.1 Å². The zero-order chi connectivity index (χ0) is 22.6. The maximum atomic E-state index is 5.95. The lowest BCUT2D eigenvalue weighted by atomic mass is 9.90. The van der Waals surface area contributed by atoms with Crippen LogP contribution in [0.25, 0.3) is 17.1 Å². The molecule has 1 fully saturated rings. The summed E-state index contributed by atoms with van der Waals surface area (Å²) < 4.78 is 4.81. The van der Waals surface area contributed by atoms with E-state index in [4.69, 9.17) is 17.3 Å². The molecule has 0 amide bonds. The highest BCUT2D eigenvalue weighted by molar-refractivity contribution is 7.71. The highest BCUT2D eigenvalue weighted by Crippen LogP contribution is 2.26. The molecular formula is C27H29N5S. The van der Waals surface area contributed by atoms with Crippen LogP contribution in [0, 0.1) is 17.6 Å². The first-order valence-electron chi connectivity index (χ1n) is 11.6. The predicted octanol–water partition coefficient (Wildman–Crippen LogP) is 5.69. The zero-order valence-corrected chi connectivity index (χ0v) is 19.8. The van der Waals surface area contributed by atoms with E-state index in [1.54, 1.807) is 12.4 Å². The van der Waals surface area contributed by atoms with E-state index >= 15 is 0 Å². The summed E-state index contributed by atoms with van der Waals surface area (Å²) in [5, 5.41) is 4.98. The number of para-hydroxylation sites is 1. The summed E-state index contributed by atoms with van der Waals surface area (Å²) in [7, 11) is 0. The van der Waals surface area contributed by atoms with Crippen LogP contribution in [0.5, 0.6) is 0 Å². The Morgan fingerprint density at radius 3 is 2.33 bits per heavy atom. The van der Waals surface area contributed by atoms with Crippen LogP contribution in [-0.4, -0.2) is 37.3 Å². The molecule has 2 aromatic heterocycles. The zero-order valence-electron chi connectivity index (χ0n) is 19.0. The van der Waals surface area contributed by atoms with Gasteiger partial charge in [-0.1, -0.05) is 48.5 Å². The van der Waals surface area contributed by atoms with E-state index in [-0.39, 0.29) is 0 Å². The van der Waals surface area contributed by atoms with Crippen LogP contribution in [0.3, 0.4) is 0 Å². The molecule has 0 aliphatic carbocycles. The number of aromatic nitrogens is 4. The molecule has 168 valence electrons. The van der Waals surface area contributed by atoms with Gasteiger partial charge in [0.1, 0.15) is 0 Å². The highest BCUT2D eigenvalue weighted by Gasteiger charge is 2.22. The fourth-order valence-electron chi connectivity index (χ4n) is 4.69. The second-order valence-electron chi connectivity index (χ2n) is 8.86. The van der Waals surface area contributed by atoms with Gasteiger partial charge in [-0.05, 0) is 73.6 Å². The van der Waals surface area contributed by atoms with Crippen LogP contribution in [0.2, 0.25) is 0 Å². The maximum absolute atomic E-state index is 5.95. The van der Waals surface area contributed by atoms with E-state index in [2.05, 4.69) is 76.0 Å². The number of rotatable bonds is 6. The lowest BCUT2D eigenvalue weighted by Crippen LogP contribution is -2.36. The summed E-state index contributed by atoms with van der Waals surface area (Å²) in [5.74, 6) is 1.60. The van der Waals surface area contributed by atoms with Crippen molar-refractivity contribution in [3.63, 3.8) is 0 Å². The molecule has 0 atom stereocenters. The predicted molar refractivity (Wildman–Crippen MR) is 135 cm³/mol. The van der Waals surface area contributed by atoms with Crippen molar-refractivity contribution in [3.8, 4) is 17.1 Å². The molecule has 6 heteroatoms. The monoisotopic (exact) mass is 455 g/mol. The molecule has 33 heavy (non-hydrogen) atoms. The average molecular weight is 456 g/mol. The van der Waals surface area contributed by atoms with E-state index < -0.39 is 0 Å². The fraction of sp³-hybridized carbons (Fsp3) is 0.296. The van der Waals surface area contributed by atoms with Crippen molar-refractivity contribution in [2.24, 2.45) is 5.92 Å². The Kier molecular flexibility index (Phi) is 6.46. The Morgan fingerprint density at radius 2 is 1.61 bits per heavy atom. The van der Waals surface area contributed by atoms with Crippen molar-refractivity contribution in [3.05, 3.63) is 95.0 Å². The summed E-state index contributed by atoms with van der Waals surface area (Å²) in [4.78, 5) is 6.65. The summed E-state index contributed by atoms with van der Waals surface area (Å²) in [6, 6.07) is 23.2. The van der Waals surface area contributed by atoms with Gasteiger partial charge in [-0.2, -0.15) is 0 Å². The van der Waals surface area contributed by atoms with E-state index in [1.807, 2.05) is 16.8 Å². The second-order valence-corrected chi connectivity index (χ2v) is 9.22. The summed E-state index contributed by atoms with van der Waals surface area (Å²) in [6.45, 7) is 4.97. The Morgan fingerprint density at radius 1 is 0.909 bits per heavy atom. The summed E-state index contributed by atoms with van der Waals surface area (Å²) in [5.41, 5.74) is 4.70. The van der Waals surface area contributed by atoms with Crippen molar-refractivity contribution in [1.29, 1.82) is 0 Å². The minimum atomic E-state index is 0.716. The molecule has 3 heterocycles. The molecular weight excluding hydrogens is 426 g/mol. The van der Waals surface area contributed by atoms with Crippen molar-refractivity contribution < 1.29 is 0 Å². The molecule has 4 aromatic rings. The van der Waals surface area contributed by atoms with Crippen LogP contribution in [-0.2, 0) is 13.1 Å². The van der Waals surface area contributed by atoms with Crippen molar-refractivity contribution in [2.45, 2.75) is 32.9 Å². The molecule has 5 nitrogen and oxygen atoms in total. The first kappa shape index (κ1) is 21.7. The number of likely N-dealkylation sites (tertiary alicyclic amines) is 1. The molecule has 2 aromatic carbocycles. The number of hydrogen-bond donors (Lipinski definition) is 0. The maximum Gasteiger partial charge on any atom is 0.204 e. The van der Waals surface area contributed by atoms with Gasteiger partial charge >= 0.3 is 0 Å². The average Bonchev–Trinajstić information content (AvgIpc) is 3.17. The Balaban J connectivity index is 1.37. The third-order valence-corrected chi connectivity index (χ3v) is 6.94. The van der Waals surface area contributed by atoms with Crippen molar-refractivity contribution in [2.75, 3.05) is 13.1 Å². The first-order valence-corrected chi connectivity index (χ1v) is 12.0. The number of nitrogens with zero attached hydrogens (tertiary/aromatic N) is 5. The molecule has 0 radical (unpaired) electrons. The minimum Gasteiger partial charge on any atom is -0.284 e. The molecule has 5 rings (SSSR count). The van der Waals surface area contributed by atoms with Gasteiger partial charge in [0.2, 0.25) is 4.77 Å². The number of piperidine rings is 1. The molecule has 0 N–H and O–H groups in total. The van der Waals surface area contributed by atoms with Crippen LogP contribution < -0.4 is 0 Å². The summed E-state index contributed by atoms with van der Waals surface area (Å²) in [6.07, 6.45) is 7.19. The molecule has 0 spiro atoms. The Labute approximate surface area is 200 Å². The lowest BCUT2D eigenvalue weighted by Gasteiger charge is -2.31. The normalized spacial score (nSPS) is 15.1. The molecule has 1 saturated heterocycles. The second kappa shape index (κ2) is 9.81. The van der Waals surface area contributed by atoms with Gasteiger partial charge in [0.05, 0.1) is 12.4 Å². The smallest absolute Gasteiger partial charge is 0.204 e. The highest BCUT2D eigenvalue weighted by atomic mass is 32.1. The quantitative estimate of drug-likeness (QED) is 0.350. The number of benzene rings is 2. The lowest BCUT2D eigenvalue weighted by molar-refractivity contribution is 0.140. The van der Waals surface area contributed by atoms with Gasteiger partial charge in [-0.15, -0.1) is 5.10 Å². The van der Waals surface area contributed by atoms with Gasteiger partial charge in [0.15, 0.2) is 5.82 Å². The molecule has 1 aliphatic rings. The van der Waals surface area contributed by atoms with Gasteiger partial charge in [-0.3, -0.25) is 14.5 Å². The van der Waals surface area contributed by atoms with Crippen molar-refractivity contribution >= 4 is 12.2 Å². The van der Waals surface area contributed by atoms with Gasteiger partial charge < -0.3 is 0 Å². The first-order chi connectivity index (χ1) is 16.2. The third kappa shape index (κ3) is 4.82. The van der Waals surface area contributed by atoms with E-state index in [0.717, 1.165) is 40.9 Å². The summed E-state index contributed by atoms with van der Waals surface area (Å²) >= 11 is 5.95. The van der Waals surface area contributed by atoms with Gasteiger partial charge in [0.25, 0.3) is 0 Å². The molecule has 0 saturated carbocycles.